The molecular weight excluding hydrogens is 434 g/mol. The fourth-order valence-corrected chi connectivity index (χ4v) is 4.70. The van der Waals surface area contributed by atoms with E-state index in [1.807, 2.05) is 87.5 Å². The molecule has 6 nitrogen and oxygen atoms in total. The predicted octanol–water partition coefficient (Wildman–Crippen LogP) is 4.13. The first kappa shape index (κ1) is 24.5. The number of hydrogen-bond acceptors (Lipinski definition) is 3. The predicted molar refractivity (Wildman–Crippen MR) is 133 cm³/mol. The molecule has 1 amide bonds. The van der Waals surface area contributed by atoms with E-state index in [2.05, 4.69) is 5.32 Å². The van der Waals surface area contributed by atoms with Crippen molar-refractivity contribution in [2.45, 2.75) is 26.8 Å². The van der Waals surface area contributed by atoms with E-state index in [1.165, 1.54) is 18.4 Å². The van der Waals surface area contributed by atoms with E-state index < -0.39 is 22.2 Å². The van der Waals surface area contributed by atoms with Crippen LogP contribution in [0, 0.1) is 20.8 Å². The van der Waals surface area contributed by atoms with E-state index >= 15 is 0 Å². The molecule has 0 aromatic heterocycles. The number of carbonyl (C=O) groups is 1. The summed E-state index contributed by atoms with van der Waals surface area (Å²) in [5.41, 5.74) is 5.15. The molecule has 0 radical (unpaired) electrons. The van der Waals surface area contributed by atoms with Crippen molar-refractivity contribution in [1.29, 1.82) is 0 Å². The Morgan fingerprint density at radius 3 is 2.03 bits per heavy atom. The van der Waals surface area contributed by atoms with Crippen LogP contribution < -0.4 is 9.62 Å². The lowest BCUT2D eigenvalue weighted by molar-refractivity contribution is -0.120. The largest absolute Gasteiger partial charge is 0.344 e. The zero-order chi connectivity index (χ0) is 24.2. The van der Waals surface area contributed by atoms with Crippen LogP contribution in [0.1, 0.15) is 33.9 Å². The van der Waals surface area contributed by atoms with E-state index in [0.29, 0.717) is 5.69 Å². The van der Waals surface area contributed by atoms with Gasteiger partial charge in [0.2, 0.25) is 5.91 Å². The minimum atomic E-state index is -3.89. The normalized spacial score (nSPS) is 12.4. The minimum Gasteiger partial charge on any atom is -0.344 e. The molecule has 0 aliphatic rings. The summed E-state index contributed by atoms with van der Waals surface area (Å²) >= 11 is 0. The molecule has 1 N–H and O–H groups in total. The molecule has 174 valence electrons. The van der Waals surface area contributed by atoms with Crippen molar-refractivity contribution in [2.75, 3.05) is 24.9 Å². The Bertz CT molecular complexity index is 1210. The Kier molecular flexibility index (Phi) is 7.56. The second-order valence-electron chi connectivity index (χ2n) is 8.41. The standard InChI is InChI=1S/C26H31N3O3S/c1-19-12-15-23(16-13-19)26(22-9-7-6-8-10-22)27-25(30)18-29(33(31,32)28(4)5)24-17-20(2)11-14-21(24)3/h6-17,26H,18H2,1-5H3,(H,27,30). The van der Waals surface area contributed by atoms with Crippen LogP contribution in [-0.2, 0) is 15.0 Å². The molecule has 33 heavy (non-hydrogen) atoms. The molecule has 7 heteroatoms. The number of nitrogens with zero attached hydrogens (tertiary/aromatic N) is 2. The highest BCUT2D eigenvalue weighted by atomic mass is 32.2. The lowest BCUT2D eigenvalue weighted by atomic mass is 9.98. The zero-order valence-electron chi connectivity index (χ0n) is 19.7. The maximum absolute atomic E-state index is 13.3. The fourth-order valence-electron chi connectivity index (χ4n) is 3.58. The average Bonchev–Trinajstić information content (AvgIpc) is 2.78. The van der Waals surface area contributed by atoms with Crippen molar-refractivity contribution < 1.29 is 13.2 Å². The van der Waals surface area contributed by atoms with Gasteiger partial charge in [-0.2, -0.15) is 12.7 Å². The zero-order valence-corrected chi connectivity index (χ0v) is 20.6. The van der Waals surface area contributed by atoms with Gasteiger partial charge in [-0.05, 0) is 49.1 Å². The Morgan fingerprint density at radius 1 is 0.848 bits per heavy atom. The minimum absolute atomic E-state index is 0.333. The van der Waals surface area contributed by atoms with Gasteiger partial charge in [0.25, 0.3) is 0 Å². The highest BCUT2D eigenvalue weighted by Gasteiger charge is 2.29. The summed E-state index contributed by atoms with van der Waals surface area (Å²) in [6, 6.07) is 22.8. The van der Waals surface area contributed by atoms with Gasteiger partial charge in [-0.3, -0.25) is 4.79 Å². The lowest BCUT2D eigenvalue weighted by Crippen LogP contribution is -2.46. The molecule has 0 saturated heterocycles. The third kappa shape index (κ3) is 5.80. The number of aryl methyl sites for hydroxylation is 3. The number of amides is 1. The van der Waals surface area contributed by atoms with Gasteiger partial charge < -0.3 is 5.32 Å². The summed E-state index contributed by atoms with van der Waals surface area (Å²) < 4.78 is 28.6. The van der Waals surface area contributed by atoms with E-state index in [4.69, 9.17) is 0 Å². The van der Waals surface area contributed by atoms with Crippen molar-refractivity contribution in [3.8, 4) is 0 Å². The molecule has 3 aromatic carbocycles. The van der Waals surface area contributed by atoms with Crippen LogP contribution in [0.5, 0.6) is 0 Å². The molecule has 0 bridgehead atoms. The van der Waals surface area contributed by atoms with Crippen LogP contribution in [-0.4, -0.2) is 39.3 Å². The van der Waals surface area contributed by atoms with Crippen LogP contribution in [0.15, 0.2) is 72.8 Å². The second-order valence-corrected chi connectivity index (χ2v) is 10.5. The highest BCUT2D eigenvalue weighted by Crippen LogP contribution is 2.26. The van der Waals surface area contributed by atoms with Crippen molar-refractivity contribution in [3.05, 3.63) is 101 Å². The van der Waals surface area contributed by atoms with Crippen LogP contribution >= 0.6 is 0 Å². The van der Waals surface area contributed by atoms with Crippen molar-refractivity contribution in [3.63, 3.8) is 0 Å². The third-order valence-electron chi connectivity index (χ3n) is 5.51. The van der Waals surface area contributed by atoms with Gasteiger partial charge in [0.1, 0.15) is 6.54 Å². The van der Waals surface area contributed by atoms with Gasteiger partial charge in [0.05, 0.1) is 11.7 Å². The summed E-state index contributed by atoms with van der Waals surface area (Å²) in [5.74, 6) is -0.393. The molecule has 0 heterocycles. The lowest BCUT2D eigenvalue weighted by Gasteiger charge is -2.29. The number of hydrogen-bond donors (Lipinski definition) is 1. The molecule has 0 saturated carbocycles. The van der Waals surface area contributed by atoms with Gasteiger partial charge in [-0.15, -0.1) is 0 Å². The molecule has 1 atom stereocenters. The monoisotopic (exact) mass is 465 g/mol. The average molecular weight is 466 g/mol. The SMILES string of the molecule is Cc1ccc(C(NC(=O)CN(c2cc(C)ccc2C)S(=O)(=O)N(C)C)c2ccccc2)cc1. The van der Waals surface area contributed by atoms with E-state index in [9.17, 15) is 13.2 Å². The van der Waals surface area contributed by atoms with Crippen LogP contribution in [0.25, 0.3) is 0 Å². The summed E-state index contributed by atoms with van der Waals surface area (Å²) in [4.78, 5) is 13.3. The van der Waals surface area contributed by atoms with E-state index in [0.717, 1.165) is 32.1 Å². The van der Waals surface area contributed by atoms with Crippen molar-refractivity contribution >= 4 is 21.8 Å². The summed E-state index contributed by atoms with van der Waals surface area (Å²) in [5, 5.41) is 3.05. The van der Waals surface area contributed by atoms with Crippen LogP contribution in [0.3, 0.4) is 0 Å². The van der Waals surface area contributed by atoms with E-state index in [1.54, 1.807) is 6.07 Å². The summed E-state index contributed by atoms with van der Waals surface area (Å²) in [6.45, 7) is 5.41. The Balaban J connectivity index is 1.96. The number of carbonyl (C=O) groups excluding carboxylic acids is 1. The Hall–Kier alpha value is -3.16. The first-order chi connectivity index (χ1) is 15.6. The third-order valence-corrected chi connectivity index (χ3v) is 7.32. The van der Waals surface area contributed by atoms with Gasteiger partial charge >= 0.3 is 10.2 Å². The van der Waals surface area contributed by atoms with Gasteiger partial charge in [-0.25, -0.2) is 4.31 Å². The molecule has 0 aliphatic carbocycles. The summed E-state index contributed by atoms with van der Waals surface area (Å²) in [6.07, 6.45) is 0. The number of anilines is 1. The molecule has 0 fully saturated rings. The van der Waals surface area contributed by atoms with Crippen LogP contribution in [0.2, 0.25) is 0 Å². The topological polar surface area (TPSA) is 69.7 Å². The quantitative estimate of drug-likeness (QED) is 0.544. The van der Waals surface area contributed by atoms with Crippen LogP contribution in [0.4, 0.5) is 5.69 Å². The van der Waals surface area contributed by atoms with Gasteiger partial charge in [-0.1, -0.05) is 72.3 Å². The maximum atomic E-state index is 13.3. The maximum Gasteiger partial charge on any atom is 0.304 e. The number of benzene rings is 3. The number of rotatable bonds is 8. The molecule has 3 rings (SSSR count). The smallest absolute Gasteiger partial charge is 0.304 e. The summed E-state index contributed by atoms with van der Waals surface area (Å²) in [7, 11) is -0.966. The fraction of sp³-hybridized carbons (Fsp3) is 0.269. The first-order valence-corrected chi connectivity index (χ1v) is 12.2. The number of nitrogens with one attached hydrogen (secondary N) is 1. The van der Waals surface area contributed by atoms with Gasteiger partial charge in [0, 0.05) is 14.1 Å². The van der Waals surface area contributed by atoms with Crippen molar-refractivity contribution in [2.24, 2.45) is 0 Å². The van der Waals surface area contributed by atoms with Crippen molar-refractivity contribution in [1.82, 2.24) is 9.62 Å². The molecule has 3 aromatic rings. The Morgan fingerprint density at radius 2 is 1.42 bits per heavy atom. The Labute approximate surface area is 197 Å². The molecule has 1 unspecified atom stereocenters. The highest BCUT2D eigenvalue weighted by molar-refractivity contribution is 7.90. The van der Waals surface area contributed by atoms with E-state index in [-0.39, 0.29) is 6.54 Å². The molecule has 0 spiro atoms. The molecular formula is C26H31N3O3S. The van der Waals surface area contributed by atoms with Gasteiger partial charge in [0.15, 0.2) is 0 Å². The molecule has 0 aliphatic heterocycles. The first-order valence-electron chi connectivity index (χ1n) is 10.8. The second kappa shape index (κ2) is 10.2.